The summed E-state index contributed by atoms with van der Waals surface area (Å²) in [7, 11) is 1.80. The molecule has 2 nitrogen and oxygen atoms in total. The second-order valence-corrected chi connectivity index (χ2v) is 4.04. The molecule has 0 aromatic carbocycles. The molecule has 0 N–H and O–H groups in total. The summed E-state index contributed by atoms with van der Waals surface area (Å²) in [6.07, 6.45) is 2.61. The Balaban J connectivity index is 3.75. The number of halogens is 1. The Kier molecular flexibility index (Phi) is 6.67. The van der Waals surface area contributed by atoms with Crippen molar-refractivity contribution in [1.29, 1.82) is 0 Å². The van der Waals surface area contributed by atoms with Crippen LogP contribution in [0.25, 0.3) is 0 Å². The third kappa shape index (κ3) is 4.21. The summed E-state index contributed by atoms with van der Waals surface area (Å²) in [5.41, 5.74) is 0. The van der Waals surface area contributed by atoms with Crippen LogP contribution < -0.4 is 0 Å². The molecule has 72 valence electrons. The molecule has 1 amide bonds. The lowest BCUT2D eigenvalue weighted by Crippen LogP contribution is -2.36. The first-order chi connectivity index (χ1) is 5.63. The van der Waals surface area contributed by atoms with Gasteiger partial charge >= 0.3 is 0 Å². The van der Waals surface area contributed by atoms with Gasteiger partial charge in [-0.1, -0.05) is 0 Å². The van der Waals surface area contributed by atoms with Crippen LogP contribution in [0.5, 0.6) is 0 Å². The molecule has 0 aliphatic heterocycles. The van der Waals surface area contributed by atoms with Crippen LogP contribution in [0.2, 0.25) is 0 Å². The van der Waals surface area contributed by atoms with Gasteiger partial charge in [-0.3, -0.25) is 4.79 Å². The molecule has 0 aromatic heterocycles. The SMILES string of the molecule is CSCCC(=O)N(C)C(C)CCl. The number of hydrogen-bond donors (Lipinski definition) is 0. The lowest BCUT2D eigenvalue weighted by Gasteiger charge is -2.22. The first kappa shape index (κ1) is 12.1. The molecule has 1 unspecified atom stereocenters. The lowest BCUT2D eigenvalue weighted by atomic mass is 10.3. The minimum Gasteiger partial charge on any atom is -0.342 e. The first-order valence-corrected chi connectivity index (χ1v) is 5.86. The molecule has 0 aromatic rings. The van der Waals surface area contributed by atoms with Gasteiger partial charge in [0.25, 0.3) is 0 Å². The summed E-state index contributed by atoms with van der Waals surface area (Å²) in [6, 6.07) is 0.140. The maximum atomic E-state index is 11.4. The van der Waals surface area contributed by atoms with Gasteiger partial charge in [-0.15, -0.1) is 11.6 Å². The summed E-state index contributed by atoms with van der Waals surface area (Å²) < 4.78 is 0. The fraction of sp³-hybridized carbons (Fsp3) is 0.875. The fourth-order valence-electron chi connectivity index (χ4n) is 0.715. The second kappa shape index (κ2) is 6.61. The predicted molar refractivity (Wildman–Crippen MR) is 56.0 cm³/mol. The lowest BCUT2D eigenvalue weighted by molar-refractivity contribution is -0.130. The van der Waals surface area contributed by atoms with E-state index in [0.717, 1.165) is 5.75 Å². The van der Waals surface area contributed by atoms with Gasteiger partial charge in [0.2, 0.25) is 5.91 Å². The van der Waals surface area contributed by atoms with Gasteiger partial charge in [0.15, 0.2) is 0 Å². The summed E-state index contributed by atoms with van der Waals surface area (Å²) in [6.45, 7) is 1.95. The molecular weight excluding hydrogens is 194 g/mol. The third-order valence-corrected chi connectivity index (χ3v) is 2.86. The highest BCUT2D eigenvalue weighted by Gasteiger charge is 2.13. The minimum absolute atomic E-state index is 0.140. The number of carbonyl (C=O) groups is 1. The molecule has 0 rings (SSSR count). The zero-order valence-electron chi connectivity index (χ0n) is 7.84. The summed E-state index contributed by atoms with van der Waals surface area (Å²) >= 11 is 7.31. The maximum absolute atomic E-state index is 11.4. The summed E-state index contributed by atoms with van der Waals surface area (Å²) in [5.74, 6) is 1.57. The van der Waals surface area contributed by atoms with Gasteiger partial charge in [-0.2, -0.15) is 11.8 Å². The molecule has 0 saturated carbocycles. The van der Waals surface area contributed by atoms with Crippen molar-refractivity contribution >= 4 is 29.3 Å². The Bertz CT molecular complexity index is 143. The maximum Gasteiger partial charge on any atom is 0.223 e. The fourth-order valence-corrected chi connectivity index (χ4v) is 1.30. The van der Waals surface area contributed by atoms with E-state index in [1.54, 1.807) is 23.7 Å². The smallest absolute Gasteiger partial charge is 0.223 e. The van der Waals surface area contributed by atoms with Gasteiger partial charge in [-0.25, -0.2) is 0 Å². The van der Waals surface area contributed by atoms with Crippen molar-refractivity contribution in [2.45, 2.75) is 19.4 Å². The molecule has 0 heterocycles. The molecule has 12 heavy (non-hydrogen) atoms. The number of thioether (sulfide) groups is 1. The van der Waals surface area contributed by atoms with E-state index in [4.69, 9.17) is 11.6 Å². The Hall–Kier alpha value is 0.110. The van der Waals surface area contributed by atoms with Crippen LogP contribution in [0.15, 0.2) is 0 Å². The molecule has 0 aliphatic carbocycles. The van der Waals surface area contributed by atoms with E-state index in [1.807, 2.05) is 13.2 Å². The van der Waals surface area contributed by atoms with Crippen LogP contribution in [0.4, 0.5) is 0 Å². The standard InChI is InChI=1S/C8H16ClNOS/c1-7(6-9)10(2)8(11)4-5-12-3/h7H,4-6H2,1-3H3. The average molecular weight is 210 g/mol. The first-order valence-electron chi connectivity index (χ1n) is 3.94. The summed E-state index contributed by atoms with van der Waals surface area (Å²) in [5, 5.41) is 0. The van der Waals surface area contributed by atoms with Crippen molar-refractivity contribution in [3.63, 3.8) is 0 Å². The number of nitrogens with zero attached hydrogens (tertiary/aromatic N) is 1. The predicted octanol–water partition coefficient (Wildman–Crippen LogP) is 1.83. The van der Waals surface area contributed by atoms with Gasteiger partial charge in [0, 0.05) is 31.1 Å². The molecule has 0 aliphatic rings. The molecule has 0 fully saturated rings. The number of amides is 1. The molecule has 0 radical (unpaired) electrons. The Morgan fingerprint density at radius 1 is 1.67 bits per heavy atom. The summed E-state index contributed by atoms with van der Waals surface area (Å²) in [4.78, 5) is 13.1. The molecular formula is C8H16ClNOS. The second-order valence-electron chi connectivity index (χ2n) is 2.75. The largest absolute Gasteiger partial charge is 0.342 e. The van der Waals surface area contributed by atoms with Crippen molar-refractivity contribution < 1.29 is 4.79 Å². The number of carbonyl (C=O) groups excluding carboxylic acids is 1. The highest BCUT2D eigenvalue weighted by Crippen LogP contribution is 2.03. The minimum atomic E-state index is 0.140. The zero-order valence-corrected chi connectivity index (χ0v) is 9.41. The van der Waals surface area contributed by atoms with Crippen molar-refractivity contribution in [3.8, 4) is 0 Å². The van der Waals surface area contributed by atoms with E-state index in [-0.39, 0.29) is 11.9 Å². The number of hydrogen-bond acceptors (Lipinski definition) is 2. The van der Waals surface area contributed by atoms with Crippen LogP contribution in [0.1, 0.15) is 13.3 Å². The third-order valence-electron chi connectivity index (χ3n) is 1.80. The van der Waals surface area contributed by atoms with Gasteiger partial charge in [0.1, 0.15) is 0 Å². The number of rotatable bonds is 5. The van der Waals surface area contributed by atoms with E-state index in [9.17, 15) is 4.79 Å². The van der Waals surface area contributed by atoms with E-state index in [1.165, 1.54) is 0 Å². The van der Waals surface area contributed by atoms with Crippen LogP contribution in [0, 0.1) is 0 Å². The zero-order chi connectivity index (χ0) is 9.56. The van der Waals surface area contributed by atoms with Crippen LogP contribution in [-0.4, -0.2) is 41.8 Å². The van der Waals surface area contributed by atoms with Crippen molar-refractivity contribution in [3.05, 3.63) is 0 Å². The number of alkyl halides is 1. The van der Waals surface area contributed by atoms with Gasteiger partial charge in [-0.05, 0) is 13.2 Å². The monoisotopic (exact) mass is 209 g/mol. The Morgan fingerprint density at radius 2 is 2.25 bits per heavy atom. The van der Waals surface area contributed by atoms with Gasteiger partial charge < -0.3 is 4.90 Å². The highest BCUT2D eigenvalue weighted by molar-refractivity contribution is 7.98. The van der Waals surface area contributed by atoms with Crippen molar-refractivity contribution in [2.24, 2.45) is 0 Å². The van der Waals surface area contributed by atoms with Gasteiger partial charge in [0.05, 0.1) is 0 Å². The van der Waals surface area contributed by atoms with Crippen molar-refractivity contribution in [2.75, 3.05) is 24.9 Å². The van der Waals surface area contributed by atoms with Crippen LogP contribution >= 0.6 is 23.4 Å². The Morgan fingerprint density at radius 3 is 2.67 bits per heavy atom. The quantitative estimate of drug-likeness (QED) is 0.644. The molecule has 4 heteroatoms. The van der Waals surface area contributed by atoms with E-state index in [2.05, 4.69) is 0 Å². The van der Waals surface area contributed by atoms with Crippen LogP contribution in [-0.2, 0) is 4.79 Å². The molecule has 0 spiro atoms. The van der Waals surface area contributed by atoms with E-state index in [0.29, 0.717) is 12.3 Å². The van der Waals surface area contributed by atoms with E-state index < -0.39 is 0 Å². The van der Waals surface area contributed by atoms with E-state index >= 15 is 0 Å². The molecule has 0 saturated heterocycles. The average Bonchev–Trinajstić information content (AvgIpc) is 2.11. The topological polar surface area (TPSA) is 20.3 Å². The molecule has 0 bridgehead atoms. The normalized spacial score (nSPS) is 12.7. The van der Waals surface area contributed by atoms with Crippen LogP contribution in [0.3, 0.4) is 0 Å². The highest BCUT2D eigenvalue weighted by atomic mass is 35.5. The Labute approximate surface area is 83.6 Å². The van der Waals surface area contributed by atoms with Crippen molar-refractivity contribution in [1.82, 2.24) is 4.90 Å². The molecule has 1 atom stereocenters.